The lowest BCUT2D eigenvalue weighted by molar-refractivity contribution is -0.151. The molecule has 1 saturated heterocycles. The molecule has 7 nitrogen and oxygen atoms in total. The number of carbonyl (C=O) groups is 3. The Bertz CT molecular complexity index is 789. The third-order valence-corrected chi connectivity index (χ3v) is 6.05. The van der Waals surface area contributed by atoms with Gasteiger partial charge in [0, 0.05) is 7.11 Å². The molecule has 2 heterocycles. The maximum atomic E-state index is 12.4. The molecule has 3 atom stereocenters. The smallest absolute Gasteiger partial charge is 0.352 e. The lowest BCUT2D eigenvalue weighted by Gasteiger charge is -2.50. The summed E-state index contributed by atoms with van der Waals surface area (Å²) < 4.78 is 5.32. The minimum absolute atomic E-state index is 0.0605. The Morgan fingerprint density at radius 3 is 2.50 bits per heavy atom. The largest absolute Gasteiger partial charge is 0.477 e. The molecule has 1 aromatic rings. The van der Waals surface area contributed by atoms with E-state index in [4.69, 9.17) is 4.74 Å². The lowest BCUT2D eigenvalue weighted by Crippen LogP contribution is -2.71. The van der Waals surface area contributed by atoms with Gasteiger partial charge in [-0.1, -0.05) is 41.6 Å². The number of carboxylic acid groups (broad SMARTS) is 1. The Kier molecular flexibility index (Phi) is 5.06. The summed E-state index contributed by atoms with van der Waals surface area (Å²) in [5, 5.41) is 11.7. The van der Waals surface area contributed by atoms with Crippen molar-refractivity contribution in [3.63, 3.8) is 0 Å². The highest BCUT2D eigenvalue weighted by atomic mass is 32.2. The third-order valence-electron chi connectivity index (χ3n) is 4.49. The van der Waals surface area contributed by atoms with Crippen molar-refractivity contribution >= 4 is 29.5 Å². The first-order chi connectivity index (χ1) is 12.3. The molecule has 1 aromatic carbocycles. The van der Waals surface area contributed by atoms with Crippen molar-refractivity contribution < 1.29 is 24.2 Å². The number of fused-ring (bicyclic) bond motifs is 1. The normalized spacial score (nSPS) is 24.8. The fourth-order valence-electron chi connectivity index (χ4n) is 3.12. The average molecular weight is 376 g/mol. The lowest BCUT2D eigenvalue weighted by atomic mass is 10.0. The number of thioether (sulfide) groups is 1. The molecule has 0 spiro atoms. The number of hydrogen-bond acceptors (Lipinski definition) is 5. The van der Waals surface area contributed by atoms with E-state index in [1.165, 1.54) is 23.8 Å². The van der Waals surface area contributed by atoms with Gasteiger partial charge < -0.3 is 15.2 Å². The summed E-state index contributed by atoms with van der Waals surface area (Å²) in [5.41, 5.74) is 1.91. The number of carbonyl (C=O) groups excluding carboxylic acids is 2. The molecular formula is C18H20N2O5S. The van der Waals surface area contributed by atoms with Gasteiger partial charge >= 0.3 is 5.97 Å². The molecule has 0 saturated carbocycles. The predicted octanol–water partition coefficient (Wildman–Crippen LogP) is 1.27. The number of rotatable bonds is 5. The molecule has 2 aliphatic heterocycles. The number of nitrogens with zero attached hydrogens (tertiary/aromatic N) is 1. The molecule has 0 unspecified atom stereocenters. The minimum atomic E-state index is -1.17. The molecule has 0 bridgehead atoms. The second kappa shape index (κ2) is 7.13. The van der Waals surface area contributed by atoms with Gasteiger partial charge in [0.25, 0.3) is 5.91 Å². The zero-order chi connectivity index (χ0) is 19.0. The van der Waals surface area contributed by atoms with Gasteiger partial charge in [0.05, 0.1) is 6.42 Å². The van der Waals surface area contributed by atoms with E-state index in [9.17, 15) is 19.5 Å². The fourth-order valence-corrected chi connectivity index (χ4v) is 4.48. The fraction of sp³-hybridized carbons (Fsp3) is 0.389. The van der Waals surface area contributed by atoms with Crippen LogP contribution in [0.25, 0.3) is 0 Å². The van der Waals surface area contributed by atoms with Crippen molar-refractivity contribution in [1.82, 2.24) is 10.2 Å². The van der Waals surface area contributed by atoms with Gasteiger partial charge in [-0.25, -0.2) is 4.79 Å². The predicted molar refractivity (Wildman–Crippen MR) is 96.2 cm³/mol. The van der Waals surface area contributed by atoms with Crippen LogP contribution < -0.4 is 5.32 Å². The summed E-state index contributed by atoms with van der Waals surface area (Å²) in [6.07, 6.45) is 0.163. The highest BCUT2D eigenvalue weighted by Gasteiger charge is 2.55. The van der Waals surface area contributed by atoms with E-state index in [0.717, 1.165) is 11.1 Å². The summed E-state index contributed by atoms with van der Waals surface area (Å²) >= 11 is 1.32. The van der Waals surface area contributed by atoms with Crippen LogP contribution in [-0.2, 0) is 25.5 Å². The Morgan fingerprint density at radius 2 is 1.92 bits per heavy atom. The van der Waals surface area contributed by atoms with E-state index < -0.39 is 28.7 Å². The van der Waals surface area contributed by atoms with Gasteiger partial charge in [-0.3, -0.25) is 14.5 Å². The first-order valence-electron chi connectivity index (χ1n) is 8.13. The van der Waals surface area contributed by atoms with E-state index in [1.807, 2.05) is 31.2 Å². The molecule has 0 aliphatic carbocycles. The number of nitrogens with one attached hydrogen (secondary N) is 1. The van der Waals surface area contributed by atoms with Gasteiger partial charge in [0.2, 0.25) is 5.91 Å². The summed E-state index contributed by atoms with van der Waals surface area (Å²) in [7, 11) is 1.49. The van der Waals surface area contributed by atoms with E-state index in [1.54, 1.807) is 6.92 Å². The molecule has 8 heteroatoms. The van der Waals surface area contributed by atoms with E-state index in [-0.39, 0.29) is 18.0 Å². The first-order valence-corrected chi connectivity index (χ1v) is 9.08. The van der Waals surface area contributed by atoms with Gasteiger partial charge in [-0.05, 0) is 25.0 Å². The molecule has 2 amide bonds. The number of benzene rings is 1. The van der Waals surface area contributed by atoms with Crippen LogP contribution in [0, 0.1) is 6.92 Å². The third kappa shape index (κ3) is 3.22. The Morgan fingerprint density at radius 1 is 1.27 bits per heavy atom. The average Bonchev–Trinajstić information content (AvgIpc) is 2.61. The summed E-state index contributed by atoms with van der Waals surface area (Å²) in [5.74, 6) is -1.86. The minimum Gasteiger partial charge on any atom is -0.477 e. The van der Waals surface area contributed by atoms with Crippen LogP contribution in [0.3, 0.4) is 0 Å². The van der Waals surface area contributed by atoms with E-state index in [0.29, 0.717) is 5.57 Å². The van der Waals surface area contributed by atoms with Crippen LogP contribution in [0.5, 0.6) is 0 Å². The van der Waals surface area contributed by atoms with Crippen LogP contribution in [0.1, 0.15) is 18.1 Å². The van der Waals surface area contributed by atoms with Crippen LogP contribution in [0.2, 0.25) is 0 Å². The Hall–Kier alpha value is -2.32. The van der Waals surface area contributed by atoms with Gasteiger partial charge in [0.15, 0.2) is 0 Å². The van der Waals surface area contributed by atoms with Gasteiger partial charge in [-0.15, -0.1) is 0 Å². The molecule has 138 valence electrons. The molecule has 2 aliphatic rings. The van der Waals surface area contributed by atoms with Crippen molar-refractivity contribution in [1.29, 1.82) is 0 Å². The van der Waals surface area contributed by atoms with Crippen LogP contribution in [0.15, 0.2) is 35.5 Å². The number of amides is 2. The maximum absolute atomic E-state index is 12.4. The standard InChI is InChI=1S/C18H20N2O5S/c1-9-4-6-11(7-5-9)8-12(21)19-13-15(22)20-14(17(23)24)10(2)18(25-3)26-16(13)20/h4-7,13,16,18H,8H2,1-3H3,(H,19,21)(H,23,24)/t13-,16-,18-/m0/s1. The zero-order valence-corrected chi connectivity index (χ0v) is 15.5. The van der Waals surface area contributed by atoms with Crippen LogP contribution in [-0.4, -0.2) is 51.8 Å². The number of carboxylic acids is 1. The Labute approximate surface area is 155 Å². The molecule has 3 rings (SSSR count). The topological polar surface area (TPSA) is 95.9 Å². The number of methoxy groups -OCH3 is 1. The number of aryl methyl sites for hydroxylation is 1. The van der Waals surface area contributed by atoms with Crippen molar-refractivity contribution in [2.24, 2.45) is 0 Å². The summed E-state index contributed by atoms with van der Waals surface area (Å²) in [6, 6.07) is 6.83. The molecule has 0 aromatic heterocycles. The van der Waals surface area contributed by atoms with Gasteiger partial charge in [0.1, 0.15) is 22.5 Å². The first kappa shape index (κ1) is 18.5. The van der Waals surface area contributed by atoms with Crippen molar-refractivity contribution in [3.05, 3.63) is 46.7 Å². The second-order valence-electron chi connectivity index (χ2n) is 6.35. The molecular weight excluding hydrogens is 356 g/mol. The van der Waals surface area contributed by atoms with Crippen LogP contribution >= 0.6 is 11.8 Å². The second-order valence-corrected chi connectivity index (χ2v) is 7.53. The van der Waals surface area contributed by atoms with E-state index >= 15 is 0 Å². The molecule has 1 fully saturated rings. The monoisotopic (exact) mass is 376 g/mol. The molecule has 26 heavy (non-hydrogen) atoms. The number of aliphatic carboxylic acids is 1. The van der Waals surface area contributed by atoms with Crippen LogP contribution in [0.4, 0.5) is 0 Å². The van der Waals surface area contributed by atoms with Crippen molar-refractivity contribution in [2.75, 3.05) is 7.11 Å². The summed E-state index contributed by atoms with van der Waals surface area (Å²) in [4.78, 5) is 37.5. The SMILES string of the molecule is CO[C@H]1S[C@H]2[C@@H](NC(=O)Cc3ccc(C)cc3)C(=O)N2C(C(=O)O)=C1C. The highest BCUT2D eigenvalue weighted by molar-refractivity contribution is 8.00. The number of β-lactam (4-membered cyclic amide) rings is 1. The zero-order valence-electron chi connectivity index (χ0n) is 14.7. The van der Waals surface area contributed by atoms with Gasteiger partial charge in [-0.2, -0.15) is 0 Å². The summed E-state index contributed by atoms with van der Waals surface area (Å²) in [6.45, 7) is 3.60. The molecule has 2 N–H and O–H groups in total. The quantitative estimate of drug-likeness (QED) is 0.752. The highest BCUT2D eigenvalue weighted by Crippen LogP contribution is 2.44. The van der Waals surface area contributed by atoms with E-state index in [2.05, 4.69) is 5.32 Å². The Balaban J connectivity index is 1.72. The molecule has 0 radical (unpaired) electrons. The number of ether oxygens (including phenoxy) is 1. The maximum Gasteiger partial charge on any atom is 0.352 e. The number of hydrogen-bond donors (Lipinski definition) is 2. The van der Waals surface area contributed by atoms with Crippen molar-refractivity contribution in [2.45, 2.75) is 37.1 Å². The van der Waals surface area contributed by atoms with Crippen molar-refractivity contribution in [3.8, 4) is 0 Å².